The summed E-state index contributed by atoms with van der Waals surface area (Å²) in [7, 11) is 6.45. The number of Topliss-reactive ketones (excluding diaryl/α,β-unsaturated/α-hetero) is 1. The molecular formula is C36H36O6. The van der Waals surface area contributed by atoms with Crippen LogP contribution in [0.3, 0.4) is 0 Å². The molecule has 216 valence electrons. The lowest BCUT2D eigenvalue weighted by atomic mass is 9.54. The summed E-state index contributed by atoms with van der Waals surface area (Å²) in [4.78, 5) is 14.7. The second-order valence-corrected chi connectivity index (χ2v) is 10.8. The summed E-state index contributed by atoms with van der Waals surface area (Å²) < 4.78 is 21.6. The topological polar surface area (TPSA) is 74.2 Å². The van der Waals surface area contributed by atoms with Crippen LogP contribution in [-0.4, -0.2) is 39.3 Å². The van der Waals surface area contributed by atoms with Crippen molar-refractivity contribution in [3.05, 3.63) is 125 Å². The molecule has 0 aliphatic heterocycles. The van der Waals surface area contributed by atoms with Gasteiger partial charge in [0.15, 0.2) is 5.78 Å². The summed E-state index contributed by atoms with van der Waals surface area (Å²) in [6.07, 6.45) is 2.37. The van der Waals surface area contributed by atoms with E-state index in [1.165, 1.54) is 0 Å². The van der Waals surface area contributed by atoms with Gasteiger partial charge in [0.25, 0.3) is 0 Å². The van der Waals surface area contributed by atoms with Gasteiger partial charge < -0.3 is 24.1 Å². The van der Waals surface area contributed by atoms with Crippen molar-refractivity contribution < 1.29 is 28.8 Å². The fourth-order valence-corrected chi connectivity index (χ4v) is 6.13. The number of carbonyl (C=O) groups is 1. The molecule has 4 aromatic rings. The van der Waals surface area contributed by atoms with Crippen molar-refractivity contribution in [1.82, 2.24) is 0 Å². The standard InChI is InChI=1S/C36H36O6/c1-35(27-10-18-31(41-4)19-11-27)22-26(24-6-14-29(39-2)15-7-24)23-36(38,28-12-20-32(42-5)21-13-28)34(35)33(37)25-8-16-30(40-3)17-9-25/h6-21,23,34,38H,22H2,1-5H3/t34-,35-,36-/m0/s1. The molecule has 1 aliphatic rings. The molecule has 0 heterocycles. The highest BCUT2D eigenvalue weighted by molar-refractivity contribution is 6.01. The van der Waals surface area contributed by atoms with E-state index in [0.717, 1.165) is 22.4 Å². The van der Waals surface area contributed by atoms with Gasteiger partial charge >= 0.3 is 0 Å². The van der Waals surface area contributed by atoms with Crippen LogP contribution in [0.25, 0.3) is 5.57 Å². The Hall–Kier alpha value is -4.55. The Morgan fingerprint density at radius 2 is 1.05 bits per heavy atom. The molecule has 1 aliphatic carbocycles. The first kappa shape index (κ1) is 29.0. The zero-order valence-corrected chi connectivity index (χ0v) is 24.6. The fourth-order valence-electron chi connectivity index (χ4n) is 6.13. The molecule has 0 saturated carbocycles. The van der Waals surface area contributed by atoms with Crippen LogP contribution in [-0.2, 0) is 11.0 Å². The number of benzene rings is 4. The first-order valence-corrected chi connectivity index (χ1v) is 13.8. The molecule has 0 bridgehead atoms. The third-order valence-corrected chi connectivity index (χ3v) is 8.43. The highest BCUT2D eigenvalue weighted by Crippen LogP contribution is 2.55. The van der Waals surface area contributed by atoms with Crippen LogP contribution in [0.4, 0.5) is 0 Å². The molecule has 0 spiro atoms. The van der Waals surface area contributed by atoms with Crippen LogP contribution in [0, 0.1) is 5.92 Å². The molecule has 0 saturated heterocycles. The number of ketones is 1. The van der Waals surface area contributed by atoms with E-state index in [-0.39, 0.29) is 5.78 Å². The van der Waals surface area contributed by atoms with Gasteiger partial charge in [-0.2, -0.15) is 0 Å². The number of hydrogen-bond acceptors (Lipinski definition) is 6. The lowest BCUT2D eigenvalue weighted by molar-refractivity contribution is -0.00848. The quantitative estimate of drug-likeness (QED) is 0.224. The van der Waals surface area contributed by atoms with Gasteiger partial charge in [0.2, 0.25) is 0 Å². The number of aliphatic hydroxyl groups is 1. The van der Waals surface area contributed by atoms with Crippen LogP contribution in [0.2, 0.25) is 0 Å². The van der Waals surface area contributed by atoms with Crippen molar-refractivity contribution in [3.8, 4) is 23.0 Å². The average Bonchev–Trinajstić information content (AvgIpc) is 3.04. The monoisotopic (exact) mass is 564 g/mol. The van der Waals surface area contributed by atoms with Gasteiger partial charge in [-0.1, -0.05) is 43.3 Å². The summed E-state index contributed by atoms with van der Waals surface area (Å²) in [5.41, 5.74) is 1.40. The lowest BCUT2D eigenvalue weighted by Crippen LogP contribution is -2.53. The smallest absolute Gasteiger partial charge is 0.170 e. The van der Waals surface area contributed by atoms with Crippen LogP contribution in [0.5, 0.6) is 23.0 Å². The maximum Gasteiger partial charge on any atom is 0.170 e. The molecule has 0 fully saturated rings. The highest BCUT2D eigenvalue weighted by Gasteiger charge is 2.55. The Labute approximate surface area is 247 Å². The van der Waals surface area contributed by atoms with Gasteiger partial charge in [0.05, 0.1) is 34.4 Å². The van der Waals surface area contributed by atoms with Crippen LogP contribution < -0.4 is 18.9 Å². The second kappa shape index (κ2) is 11.7. The molecule has 4 aromatic carbocycles. The van der Waals surface area contributed by atoms with Crippen LogP contribution >= 0.6 is 0 Å². The van der Waals surface area contributed by atoms with Crippen molar-refractivity contribution in [3.63, 3.8) is 0 Å². The van der Waals surface area contributed by atoms with Gasteiger partial charge in [-0.15, -0.1) is 0 Å². The molecule has 1 N–H and O–H groups in total. The second-order valence-electron chi connectivity index (χ2n) is 10.8. The number of hydrogen-bond donors (Lipinski definition) is 1. The third kappa shape index (κ3) is 5.26. The first-order chi connectivity index (χ1) is 20.2. The minimum atomic E-state index is -1.66. The molecule has 6 heteroatoms. The molecule has 6 nitrogen and oxygen atoms in total. The summed E-state index contributed by atoms with van der Waals surface area (Å²) in [6, 6.07) is 29.9. The Morgan fingerprint density at radius 3 is 1.50 bits per heavy atom. The third-order valence-electron chi connectivity index (χ3n) is 8.43. The van der Waals surface area contributed by atoms with Gasteiger partial charge in [0, 0.05) is 11.0 Å². The zero-order chi connectivity index (χ0) is 29.9. The maximum absolute atomic E-state index is 14.7. The van der Waals surface area contributed by atoms with E-state index in [4.69, 9.17) is 18.9 Å². The van der Waals surface area contributed by atoms with Gasteiger partial charge in [0.1, 0.15) is 28.6 Å². The van der Waals surface area contributed by atoms with Gasteiger partial charge in [-0.05, 0) is 95.4 Å². The molecule has 0 aromatic heterocycles. The van der Waals surface area contributed by atoms with Crippen molar-refractivity contribution in [2.75, 3.05) is 28.4 Å². The molecule has 3 atom stereocenters. The molecular weight excluding hydrogens is 528 g/mol. The van der Waals surface area contributed by atoms with E-state index in [0.29, 0.717) is 34.8 Å². The molecule has 0 radical (unpaired) electrons. The Kier molecular flexibility index (Phi) is 8.10. The SMILES string of the molecule is COc1ccc(C(=O)[C@H]2[C@](C)(c3ccc(OC)cc3)CC(c3ccc(OC)cc3)=C[C@]2(O)c2ccc(OC)cc2)cc1. The Morgan fingerprint density at radius 1 is 0.643 bits per heavy atom. The van der Waals surface area contributed by atoms with Crippen LogP contribution in [0.1, 0.15) is 40.4 Å². The van der Waals surface area contributed by atoms with Crippen molar-refractivity contribution in [2.45, 2.75) is 24.4 Å². The molecule has 0 unspecified atom stereocenters. The maximum atomic E-state index is 14.7. The summed E-state index contributed by atoms with van der Waals surface area (Å²) >= 11 is 0. The average molecular weight is 565 g/mol. The Balaban J connectivity index is 1.76. The molecule has 0 amide bonds. The number of ether oxygens (including phenoxy) is 4. The summed E-state index contributed by atoms with van der Waals surface area (Å²) in [5.74, 6) is 1.73. The predicted octanol–water partition coefficient (Wildman–Crippen LogP) is 6.85. The number of allylic oxidation sites excluding steroid dienone is 1. The van der Waals surface area contributed by atoms with Crippen LogP contribution in [0.15, 0.2) is 103 Å². The number of carbonyl (C=O) groups excluding carboxylic acids is 1. The lowest BCUT2D eigenvalue weighted by Gasteiger charge is -2.49. The van der Waals surface area contributed by atoms with E-state index in [1.807, 2.05) is 78.9 Å². The van der Waals surface area contributed by atoms with Crippen molar-refractivity contribution >= 4 is 11.4 Å². The zero-order valence-electron chi connectivity index (χ0n) is 24.6. The fraction of sp³-hybridized carbons (Fsp3) is 0.250. The van der Waals surface area contributed by atoms with Gasteiger partial charge in [-0.25, -0.2) is 0 Å². The largest absolute Gasteiger partial charge is 0.497 e. The minimum absolute atomic E-state index is 0.167. The summed E-state index contributed by atoms with van der Waals surface area (Å²) in [6.45, 7) is 2.06. The Bertz CT molecular complexity index is 1560. The van der Waals surface area contributed by atoms with E-state index in [9.17, 15) is 9.90 Å². The molecule has 5 rings (SSSR count). The summed E-state index contributed by atoms with van der Waals surface area (Å²) in [5, 5.41) is 12.9. The number of rotatable bonds is 9. The highest BCUT2D eigenvalue weighted by atomic mass is 16.5. The predicted molar refractivity (Wildman–Crippen MR) is 164 cm³/mol. The van der Waals surface area contributed by atoms with E-state index >= 15 is 0 Å². The van der Waals surface area contributed by atoms with Gasteiger partial charge in [-0.3, -0.25) is 4.79 Å². The van der Waals surface area contributed by atoms with E-state index in [1.54, 1.807) is 52.7 Å². The van der Waals surface area contributed by atoms with Crippen molar-refractivity contribution in [1.29, 1.82) is 0 Å². The van der Waals surface area contributed by atoms with Crippen molar-refractivity contribution in [2.24, 2.45) is 5.92 Å². The normalized spacial score (nSPS) is 21.7. The number of methoxy groups -OCH3 is 4. The van der Waals surface area contributed by atoms with E-state index < -0.39 is 16.9 Å². The molecule has 42 heavy (non-hydrogen) atoms. The van der Waals surface area contributed by atoms with E-state index in [2.05, 4.69) is 6.92 Å². The minimum Gasteiger partial charge on any atom is -0.497 e. The first-order valence-electron chi connectivity index (χ1n) is 13.8.